The summed E-state index contributed by atoms with van der Waals surface area (Å²) >= 11 is 0. The van der Waals surface area contributed by atoms with Gasteiger partial charge in [0.05, 0.1) is 17.2 Å². The molecule has 2 aromatic rings. The minimum absolute atomic E-state index is 0.00222. The van der Waals surface area contributed by atoms with Gasteiger partial charge in [-0.3, -0.25) is 14.5 Å². The Morgan fingerprint density at radius 3 is 2.53 bits per heavy atom. The molecule has 162 valence electrons. The van der Waals surface area contributed by atoms with Crippen molar-refractivity contribution in [3.63, 3.8) is 0 Å². The molecule has 0 radical (unpaired) electrons. The Labute approximate surface area is 175 Å². The molecule has 30 heavy (non-hydrogen) atoms. The molecule has 6 nitrogen and oxygen atoms in total. The van der Waals surface area contributed by atoms with Crippen LogP contribution in [-0.4, -0.2) is 46.8 Å². The predicted octanol–water partition coefficient (Wildman–Crippen LogP) is 3.25. The molecule has 1 amide bonds. The number of ketones is 1. The molecule has 1 N–H and O–H groups in total. The number of carbonyl (C=O) groups excluding carboxylic acids is 2. The average Bonchev–Trinajstić information content (AvgIpc) is 3.03. The molecule has 0 spiro atoms. The summed E-state index contributed by atoms with van der Waals surface area (Å²) in [5.41, 5.74) is 0.675. The molecular weight excluding hydrogens is 390 g/mol. The van der Waals surface area contributed by atoms with Crippen molar-refractivity contribution < 1.29 is 18.4 Å². The van der Waals surface area contributed by atoms with Crippen LogP contribution in [0.15, 0.2) is 18.2 Å². The van der Waals surface area contributed by atoms with Crippen LogP contribution in [0.5, 0.6) is 0 Å². The number of rotatable bonds is 5. The molecule has 1 aromatic carbocycles. The fourth-order valence-corrected chi connectivity index (χ4v) is 3.84. The van der Waals surface area contributed by atoms with Crippen molar-refractivity contribution in [2.24, 2.45) is 11.3 Å². The number of fused-ring (bicyclic) bond motifs is 1. The molecule has 1 aliphatic rings. The van der Waals surface area contributed by atoms with E-state index >= 15 is 0 Å². The molecule has 0 unspecified atom stereocenters. The molecule has 2 heterocycles. The molecule has 0 bridgehead atoms. The van der Waals surface area contributed by atoms with Crippen LogP contribution >= 0.6 is 0 Å². The summed E-state index contributed by atoms with van der Waals surface area (Å²) in [6, 6.07) is 3.34. The third-order valence-corrected chi connectivity index (χ3v) is 5.63. The maximum absolute atomic E-state index is 14.5. The Hall–Kier alpha value is -2.61. The second-order valence-electron chi connectivity index (χ2n) is 8.90. The molecular formula is C22H28F2N4O2. The third-order valence-electron chi connectivity index (χ3n) is 5.63. The van der Waals surface area contributed by atoms with E-state index < -0.39 is 23.0 Å². The fraction of sp³-hybridized carbons (Fsp3) is 0.500. The molecule has 1 atom stereocenters. The van der Waals surface area contributed by atoms with Crippen LogP contribution in [0.25, 0.3) is 11.4 Å². The number of halogens is 2. The lowest BCUT2D eigenvalue weighted by Gasteiger charge is -2.29. The van der Waals surface area contributed by atoms with Gasteiger partial charge in [-0.1, -0.05) is 20.8 Å². The summed E-state index contributed by atoms with van der Waals surface area (Å²) < 4.78 is 29.7. The van der Waals surface area contributed by atoms with Gasteiger partial charge < -0.3 is 9.88 Å². The topological polar surface area (TPSA) is 67.2 Å². The Balaban J connectivity index is 2.05. The first-order valence-corrected chi connectivity index (χ1v) is 10.0. The summed E-state index contributed by atoms with van der Waals surface area (Å²) in [6.45, 7) is 7.48. The summed E-state index contributed by atoms with van der Waals surface area (Å²) in [7, 11) is 3.49. The van der Waals surface area contributed by atoms with Crippen molar-refractivity contribution in [3.05, 3.63) is 41.2 Å². The highest BCUT2D eigenvalue weighted by Gasteiger charge is 2.35. The van der Waals surface area contributed by atoms with E-state index in [1.807, 2.05) is 32.4 Å². The normalized spacial score (nSPS) is 15.6. The molecule has 1 aliphatic heterocycles. The number of hydrogen-bond acceptors (Lipinski definition) is 4. The van der Waals surface area contributed by atoms with Gasteiger partial charge in [0.2, 0.25) is 5.91 Å². The largest absolute Gasteiger partial charge is 0.359 e. The number of nitrogens with zero attached hydrogens (tertiary/aromatic N) is 3. The van der Waals surface area contributed by atoms with Gasteiger partial charge >= 0.3 is 0 Å². The first-order valence-electron chi connectivity index (χ1n) is 10.0. The zero-order valence-corrected chi connectivity index (χ0v) is 18.1. The number of amides is 1. The van der Waals surface area contributed by atoms with Gasteiger partial charge in [-0.15, -0.1) is 0 Å². The lowest BCUT2D eigenvalue weighted by Crippen LogP contribution is -2.38. The SMILES string of the molecule is CNC(=O)[C@@H](CC(=O)c1nc(-c2ccc(F)cc2F)n2c1CN(C)CC2)C(C)(C)C. The predicted molar refractivity (Wildman–Crippen MR) is 110 cm³/mol. The lowest BCUT2D eigenvalue weighted by molar-refractivity contribution is -0.127. The zero-order chi connectivity index (χ0) is 22.2. The van der Waals surface area contributed by atoms with E-state index in [4.69, 9.17) is 0 Å². The number of likely N-dealkylation sites (N-methyl/N-ethyl adjacent to an activating group) is 1. The van der Waals surface area contributed by atoms with Gasteiger partial charge in [0.25, 0.3) is 0 Å². The number of Topliss-reactive ketones (excluding diaryl/α,β-unsaturated/α-hetero) is 1. The van der Waals surface area contributed by atoms with Crippen LogP contribution < -0.4 is 5.32 Å². The van der Waals surface area contributed by atoms with Gasteiger partial charge in [-0.05, 0) is 24.6 Å². The van der Waals surface area contributed by atoms with E-state index in [0.717, 1.165) is 12.6 Å². The first kappa shape index (κ1) is 22.1. The summed E-state index contributed by atoms with van der Waals surface area (Å²) in [6.07, 6.45) is 0.00222. The van der Waals surface area contributed by atoms with Crippen LogP contribution in [-0.2, 0) is 17.9 Å². The first-order chi connectivity index (χ1) is 14.0. The number of benzene rings is 1. The fourth-order valence-electron chi connectivity index (χ4n) is 3.84. The second-order valence-corrected chi connectivity index (χ2v) is 8.90. The van der Waals surface area contributed by atoms with Crippen LogP contribution in [0.3, 0.4) is 0 Å². The summed E-state index contributed by atoms with van der Waals surface area (Å²) in [5, 5.41) is 2.63. The number of nitrogens with one attached hydrogen (secondary N) is 1. The van der Waals surface area contributed by atoms with E-state index in [9.17, 15) is 18.4 Å². The number of aromatic nitrogens is 2. The molecule has 0 saturated carbocycles. The van der Waals surface area contributed by atoms with E-state index in [1.54, 1.807) is 7.05 Å². The third kappa shape index (κ3) is 4.28. The molecule has 0 saturated heterocycles. The highest BCUT2D eigenvalue weighted by atomic mass is 19.1. The van der Waals surface area contributed by atoms with Gasteiger partial charge in [0.1, 0.15) is 23.2 Å². The monoisotopic (exact) mass is 418 g/mol. The molecule has 8 heteroatoms. The number of carbonyl (C=O) groups is 2. The Kier molecular flexibility index (Phi) is 6.08. The highest BCUT2D eigenvalue weighted by molar-refractivity contribution is 5.99. The van der Waals surface area contributed by atoms with Crippen molar-refractivity contribution in [2.45, 2.75) is 40.3 Å². The van der Waals surface area contributed by atoms with Crippen molar-refractivity contribution in [1.82, 2.24) is 19.8 Å². The van der Waals surface area contributed by atoms with Gasteiger partial charge in [0.15, 0.2) is 5.78 Å². The van der Waals surface area contributed by atoms with Crippen molar-refractivity contribution in [2.75, 3.05) is 20.6 Å². The second kappa shape index (κ2) is 8.26. The molecule has 3 rings (SSSR count). The maximum atomic E-state index is 14.5. The number of hydrogen-bond donors (Lipinski definition) is 1. The Bertz CT molecular complexity index is 978. The highest BCUT2D eigenvalue weighted by Crippen LogP contribution is 2.33. The van der Waals surface area contributed by atoms with E-state index in [-0.39, 0.29) is 29.4 Å². The molecule has 0 fully saturated rings. The Morgan fingerprint density at radius 1 is 1.23 bits per heavy atom. The standard InChI is InChI=1S/C22H28F2N4O2/c1-22(2,3)15(21(30)25-4)11-18(29)19-17-12-27(5)8-9-28(17)20(26-19)14-7-6-13(23)10-16(14)24/h6-7,10,15H,8-9,11-12H2,1-5H3,(H,25,30)/t15-/m1/s1. The Morgan fingerprint density at radius 2 is 1.93 bits per heavy atom. The van der Waals surface area contributed by atoms with Crippen molar-refractivity contribution in [1.29, 1.82) is 0 Å². The van der Waals surface area contributed by atoms with Gasteiger partial charge in [-0.25, -0.2) is 13.8 Å². The van der Waals surface area contributed by atoms with Crippen molar-refractivity contribution in [3.8, 4) is 11.4 Å². The van der Waals surface area contributed by atoms with E-state index in [2.05, 4.69) is 15.2 Å². The molecule has 0 aliphatic carbocycles. The quantitative estimate of drug-likeness (QED) is 0.757. The minimum Gasteiger partial charge on any atom is -0.359 e. The van der Waals surface area contributed by atoms with Crippen LogP contribution in [0.4, 0.5) is 8.78 Å². The number of imidazole rings is 1. The summed E-state index contributed by atoms with van der Waals surface area (Å²) in [4.78, 5) is 32.2. The maximum Gasteiger partial charge on any atom is 0.223 e. The van der Waals surface area contributed by atoms with Crippen LogP contribution in [0, 0.1) is 23.0 Å². The average molecular weight is 418 g/mol. The van der Waals surface area contributed by atoms with Gasteiger partial charge in [0, 0.05) is 39.2 Å². The van der Waals surface area contributed by atoms with Crippen LogP contribution in [0.2, 0.25) is 0 Å². The van der Waals surface area contributed by atoms with Crippen LogP contribution in [0.1, 0.15) is 43.4 Å². The lowest BCUT2D eigenvalue weighted by atomic mass is 9.77. The summed E-state index contributed by atoms with van der Waals surface area (Å²) in [5.74, 6) is -2.07. The van der Waals surface area contributed by atoms with E-state index in [1.165, 1.54) is 12.1 Å². The zero-order valence-electron chi connectivity index (χ0n) is 18.1. The smallest absolute Gasteiger partial charge is 0.223 e. The minimum atomic E-state index is -0.723. The molecule has 1 aromatic heterocycles. The van der Waals surface area contributed by atoms with E-state index in [0.29, 0.717) is 24.6 Å². The van der Waals surface area contributed by atoms with Crippen molar-refractivity contribution >= 4 is 11.7 Å². The van der Waals surface area contributed by atoms with Gasteiger partial charge in [-0.2, -0.15) is 0 Å².